The topological polar surface area (TPSA) is 12.0 Å². The lowest BCUT2D eigenvalue weighted by Crippen LogP contribution is -2.33. The molecule has 0 aromatic heterocycles. The van der Waals surface area contributed by atoms with Crippen molar-refractivity contribution in [2.24, 2.45) is 17.8 Å². The third kappa shape index (κ3) is 4.82. The highest BCUT2D eigenvalue weighted by atomic mass is 32.2. The van der Waals surface area contributed by atoms with Crippen LogP contribution in [0.3, 0.4) is 0 Å². The van der Waals surface area contributed by atoms with Crippen molar-refractivity contribution in [2.45, 2.75) is 57.9 Å². The van der Waals surface area contributed by atoms with Gasteiger partial charge in [0.25, 0.3) is 0 Å². The normalized spacial score (nSPS) is 33.9. The molecule has 0 aromatic rings. The van der Waals surface area contributed by atoms with E-state index in [-0.39, 0.29) is 0 Å². The molecule has 0 aliphatic heterocycles. The third-order valence-electron chi connectivity index (χ3n) is 4.57. The van der Waals surface area contributed by atoms with E-state index >= 15 is 0 Å². The van der Waals surface area contributed by atoms with Crippen LogP contribution < -0.4 is 5.32 Å². The summed E-state index contributed by atoms with van der Waals surface area (Å²) in [4.78, 5) is 0. The standard InChI is InChI=1S/C15H29NS/c1-12-5-6-14(11-16-15-7-8-15)13(10-12)4-3-9-17-2/h12-16H,3-11H2,1-2H3. The van der Waals surface area contributed by atoms with Crippen molar-refractivity contribution in [1.29, 1.82) is 0 Å². The van der Waals surface area contributed by atoms with Gasteiger partial charge < -0.3 is 5.32 Å². The SMILES string of the molecule is CSCCCC1CC(C)CCC1CNC1CC1. The molecule has 2 aliphatic rings. The van der Waals surface area contributed by atoms with E-state index < -0.39 is 0 Å². The van der Waals surface area contributed by atoms with Crippen molar-refractivity contribution in [3.05, 3.63) is 0 Å². The lowest BCUT2D eigenvalue weighted by molar-refractivity contribution is 0.174. The van der Waals surface area contributed by atoms with E-state index in [0.29, 0.717) is 0 Å². The molecule has 0 amide bonds. The fraction of sp³-hybridized carbons (Fsp3) is 1.00. The maximum Gasteiger partial charge on any atom is 0.00683 e. The van der Waals surface area contributed by atoms with Gasteiger partial charge in [0.2, 0.25) is 0 Å². The average molecular weight is 255 g/mol. The molecule has 2 aliphatic carbocycles. The summed E-state index contributed by atoms with van der Waals surface area (Å²) in [6, 6.07) is 0.890. The van der Waals surface area contributed by atoms with E-state index in [1.807, 2.05) is 11.8 Å². The Morgan fingerprint density at radius 1 is 1.12 bits per heavy atom. The smallest absolute Gasteiger partial charge is 0.00683 e. The summed E-state index contributed by atoms with van der Waals surface area (Å²) in [5, 5.41) is 3.76. The number of thioether (sulfide) groups is 1. The average Bonchev–Trinajstić information content (AvgIpc) is 3.12. The summed E-state index contributed by atoms with van der Waals surface area (Å²) in [6.07, 6.45) is 12.4. The molecular formula is C15H29NS. The van der Waals surface area contributed by atoms with Gasteiger partial charge >= 0.3 is 0 Å². The Balaban J connectivity index is 1.73. The molecule has 3 atom stereocenters. The van der Waals surface area contributed by atoms with Gasteiger partial charge in [-0.05, 0) is 74.8 Å². The van der Waals surface area contributed by atoms with Gasteiger partial charge in [0.1, 0.15) is 0 Å². The second-order valence-electron chi connectivity index (χ2n) is 6.26. The van der Waals surface area contributed by atoms with E-state index in [9.17, 15) is 0 Å². The maximum absolute atomic E-state index is 3.76. The molecule has 3 unspecified atom stereocenters. The first-order valence-corrected chi connectivity index (χ1v) is 8.91. The predicted octanol–water partition coefficient (Wildman–Crippen LogP) is 3.93. The molecule has 0 saturated heterocycles. The number of nitrogens with one attached hydrogen (secondary N) is 1. The molecule has 0 radical (unpaired) electrons. The molecule has 2 saturated carbocycles. The number of hydrogen-bond acceptors (Lipinski definition) is 2. The molecule has 2 heteroatoms. The molecule has 0 spiro atoms. The van der Waals surface area contributed by atoms with Crippen molar-refractivity contribution in [1.82, 2.24) is 5.32 Å². The van der Waals surface area contributed by atoms with Crippen molar-refractivity contribution in [2.75, 3.05) is 18.6 Å². The van der Waals surface area contributed by atoms with E-state index in [1.165, 1.54) is 57.2 Å². The summed E-state index contributed by atoms with van der Waals surface area (Å²) in [7, 11) is 0. The number of hydrogen-bond donors (Lipinski definition) is 1. The van der Waals surface area contributed by atoms with Gasteiger partial charge in [0, 0.05) is 6.04 Å². The number of rotatable bonds is 7. The third-order valence-corrected chi connectivity index (χ3v) is 5.27. The minimum Gasteiger partial charge on any atom is -0.314 e. The monoisotopic (exact) mass is 255 g/mol. The van der Waals surface area contributed by atoms with Crippen LogP contribution in [0.4, 0.5) is 0 Å². The fourth-order valence-corrected chi connectivity index (χ4v) is 3.73. The van der Waals surface area contributed by atoms with Crippen LogP contribution in [0.1, 0.15) is 51.9 Å². The van der Waals surface area contributed by atoms with Crippen molar-refractivity contribution >= 4 is 11.8 Å². The zero-order chi connectivity index (χ0) is 12.1. The fourth-order valence-electron chi connectivity index (χ4n) is 3.28. The van der Waals surface area contributed by atoms with E-state index in [2.05, 4.69) is 18.5 Å². The van der Waals surface area contributed by atoms with E-state index in [4.69, 9.17) is 0 Å². The minimum absolute atomic E-state index is 0.890. The molecule has 0 aromatic carbocycles. The highest BCUT2D eigenvalue weighted by Crippen LogP contribution is 2.36. The summed E-state index contributed by atoms with van der Waals surface area (Å²) in [5.74, 6) is 4.32. The van der Waals surface area contributed by atoms with E-state index in [1.54, 1.807) is 0 Å². The Morgan fingerprint density at radius 3 is 2.65 bits per heavy atom. The molecular weight excluding hydrogens is 226 g/mol. The molecule has 2 fully saturated rings. The molecule has 0 heterocycles. The summed E-state index contributed by atoms with van der Waals surface area (Å²) in [6.45, 7) is 3.76. The second-order valence-corrected chi connectivity index (χ2v) is 7.24. The summed E-state index contributed by atoms with van der Waals surface area (Å²) in [5.41, 5.74) is 0. The van der Waals surface area contributed by atoms with Gasteiger partial charge in [-0.1, -0.05) is 13.3 Å². The molecule has 1 nitrogen and oxygen atoms in total. The van der Waals surface area contributed by atoms with Crippen molar-refractivity contribution in [3.63, 3.8) is 0 Å². The molecule has 2 rings (SSSR count). The van der Waals surface area contributed by atoms with Gasteiger partial charge in [0.05, 0.1) is 0 Å². The lowest BCUT2D eigenvalue weighted by atomic mass is 9.73. The lowest BCUT2D eigenvalue weighted by Gasteiger charge is -2.35. The largest absolute Gasteiger partial charge is 0.314 e. The molecule has 1 N–H and O–H groups in total. The van der Waals surface area contributed by atoms with Crippen LogP contribution in [0, 0.1) is 17.8 Å². The van der Waals surface area contributed by atoms with Gasteiger partial charge in [-0.3, -0.25) is 0 Å². The molecule has 17 heavy (non-hydrogen) atoms. The predicted molar refractivity (Wildman–Crippen MR) is 78.6 cm³/mol. The maximum atomic E-state index is 3.76. The Kier molecular flexibility index (Phi) is 5.68. The van der Waals surface area contributed by atoms with Crippen LogP contribution in [0.5, 0.6) is 0 Å². The van der Waals surface area contributed by atoms with Crippen LogP contribution in [0.2, 0.25) is 0 Å². The molecule has 100 valence electrons. The van der Waals surface area contributed by atoms with Crippen LogP contribution in [-0.4, -0.2) is 24.6 Å². The highest BCUT2D eigenvalue weighted by molar-refractivity contribution is 7.98. The Hall–Kier alpha value is 0.310. The Bertz CT molecular complexity index is 215. The Labute approximate surface area is 112 Å². The van der Waals surface area contributed by atoms with Gasteiger partial charge in [-0.25, -0.2) is 0 Å². The first kappa shape index (κ1) is 13.7. The van der Waals surface area contributed by atoms with Gasteiger partial charge in [-0.2, -0.15) is 11.8 Å². The van der Waals surface area contributed by atoms with Crippen molar-refractivity contribution in [3.8, 4) is 0 Å². The van der Waals surface area contributed by atoms with Crippen LogP contribution >= 0.6 is 11.8 Å². The first-order valence-electron chi connectivity index (χ1n) is 7.52. The van der Waals surface area contributed by atoms with Crippen molar-refractivity contribution < 1.29 is 0 Å². The van der Waals surface area contributed by atoms with Gasteiger partial charge in [0.15, 0.2) is 0 Å². The second kappa shape index (κ2) is 7.04. The van der Waals surface area contributed by atoms with E-state index in [0.717, 1.165) is 23.8 Å². The zero-order valence-electron chi connectivity index (χ0n) is 11.6. The van der Waals surface area contributed by atoms with Crippen LogP contribution in [0.25, 0.3) is 0 Å². The highest BCUT2D eigenvalue weighted by Gasteiger charge is 2.29. The molecule has 0 bridgehead atoms. The Morgan fingerprint density at radius 2 is 1.94 bits per heavy atom. The summed E-state index contributed by atoms with van der Waals surface area (Å²) < 4.78 is 0. The first-order chi connectivity index (χ1) is 8.29. The zero-order valence-corrected chi connectivity index (χ0v) is 12.4. The quantitative estimate of drug-likeness (QED) is 0.692. The van der Waals surface area contributed by atoms with Gasteiger partial charge in [-0.15, -0.1) is 0 Å². The summed E-state index contributed by atoms with van der Waals surface area (Å²) >= 11 is 2.00. The minimum atomic E-state index is 0.890. The van der Waals surface area contributed by atoms with Crippen LogP contribution in [-0.2, 0) is 0 Å². The van der Waals surface area contributed by atoms with Crippen LogP contribution in [0.15, 0.2) is 0 Å².